The highest BCUT2D eigenvalue weighted by molar-refractivity contribution is 7.09. The Morgan fingerprint density at radius 2 is 2.11 bits per heavy atom. The lowest BCUT2D eigenvalue weighted by molar-refractivity contribution is 0.0945. The molecule has 8 heteroatoms. The lowest BCUT2D eigenvalue weighted by Crippen LogP contribution is -2.41. The van der Waals surface area contributed by atoms with E-state index in [2.05, 4.69) is 31.9 Å². The Kier molecular flexibility index (Phi) is 5.54. The van der Waals surface area contributed by atoms with E-state index in [1.54, 1.807) is 18.3 Å². The lowest BCUT2D eigenvalue weighted by Gasteiger charge is -2.42. The molecule has 1 saturated carbocycles. The molecule has 1 aliphatic rings. The number of hydrogen-bond donors (Lipinski definition) is 2. The van der Waals surface area contributed by atoms with Gasteiger partial charge in [-0.3, -0.25) is 4.79 Å². The maximum Gasteiger partial charge on any atom is 0.272 e. The normalized spacial score (nSPS) is 14.9. The van der Waals surface area contributed by atoms with Crippen LogP contribution >= 0.6 is 22.9 Å². The van der Waals surface area contributed by atoms with Crippen molar-refractivity contribution in [2.75, 3.05) is 11.9 Å². The number of nitrogens with zero attached hydrogens (tertiary/aromatic N) is 3. The number of rotatable bonds is 7. The van der Waals surface area contributed by atoms with Gasteiger partial charge in [0.05, 0.1) is 6.54 Å². The molecule has 4 rings (SSSR count). The van der Waals surface area contributed by atoms with Gasteiger partial charge in [0.15, 0.2) is 5.69 Å². The highest BCUT2D eigenvalue weighted by Gasteiger charge is 2.38. The van der Waals surface area contributed by atoms with Gasteiger partial charge >= 0.3 is 0 Å². The number of thiazole rings is 1. The van der Waals surface area contributed by atoms with E-state index in [4.69, 9.17) is 11.6 Å². The van der Waals surface area contributed by atoms with Gasteiger partial charge < -0.3 is 10.6 Å². The molecule has 3 aromatic rings. The fourth-order valence-electron chi connectivity index (χ4n) is 3.38. The molecule has 2 N–H and O–H groups in total. The molecular weight excluding hydrogens is 394 g/mol. The van der Waals surface area contributed by atoms with Crippen LogP contribution in [0, 0.1) is 0 Å². The Balaban J connectivity index is 1.36. The number of amides is 1. The third kappa shape index (κ3) is 4.15. The van der Waals surface area contributed by atoms with Gasteiger partial charge in [0.25, 0.3) is 5.91 Å². The summed E-state index contributed by atoms with van der Waals surface area (Å²) in [6.45, 7) is 1.15. The summed E-state index contributed by atoms with van der Waals surface area (Å²) >= 11 is 7.67. The number of carbonyl (C=O) groups is 1. The number of halogens is 1. The van der Waals surface area contributed by atoms with Crippen LogP contribution in [0.25, 0.3) is 0 Å². The van der Waals surface area contributed by atoms with Crippen LogP contribution in [0.1, 0.15) is 40.3 Å². The molecule has 1 fully saturated rings. The first-order chi connectivity index (χ1) is 13.6. The van der Waals surface area contributed by atoms with Gasteiger partial charge in [0, 0.05) is 28.6 Å². The molecule has 1 aromatic carbocycles. The van der Waals surface area contributed by atoms with Crippen molar-refractivity contribution >= 4 is 34.7 Å². The smallest absolute Gasteiger partial charge is 0.272 e. The molecule has 0 spiro atoms. The summed E-state index contributed by atoms with van der Waals surface area (Å²) < 4.78 is 0. The zero-order valence-corrected chi connectivity index (χ0v) is 16.8. The summed E-state index contributed by atoms with van der Waals surface area (Å²) in [4.78, 5) is 16.3. The third-order valence-electron chi connectivity index (χ3n) is 5.14. The molecule has 0 unspecified atom stereocenters. The van der Waals surface area contributed by atoms with Gasteiger partial charge in [-0.15, -0.1) is 21.5 Å². The van der Waals surface area contributed by atoms with E-state index in [0.717, 1.165) is 29.4 Å². The van der Waals surface area contributed by atoms with Crippen molar-refractivity contribution in [3.63, 3.8) is 0 Å². The number of benzene rings is 1. The molecule has 6 nitrogen and oxygen atoms in total. The van der Waals surface area contributed by atoms with Crippen molar-refractivity contribution in [2.24, 2.45) is 0 Å². The van der Waals surface area contributed by atoms with E-state index >= 15 is 0 Å². The summed E-state index contributed by atoms with van der Waals surface area (Å²) in [5.41, 5.74) is 1.62. The van der Waals surface area contributed by atoms with Crippen LogP contribution in [0.3, 0.4) is 0 Å². The Morgan fingerprint density at radius 3 is 2.75 bits per heavy atom. The van der Waals surface area contributed by atoms with Gasteiger partial charge in [-0.05, 0) is 42.7 Å². The van der Waals surface area contributed by atoms with E-state index in [9.17, 15) is 4.79 Å². The third-order valence-corrected chi connectivity index (χ3v) is 6.15. The van der Waals surface area contributed by atoms with E-state index in [-0.39, 0.29) is 17.0 Å². The molecule has 0 radical (unpaired) electrons. The average Bonchev–Trinajstić information content (AvgIpc) is 3.19. The highest BCUT2D eigenvalue weighted by Crippen LogP contribution is 2.44. The Labute approximate surface area is 172 Å². The van der Waals surface area contributed by atoms with Gasteiger partial charge in [-0.1, -0.05) is 30.2 Å². The SMILES string of the molecule is O=C(NCc1nccs1)c1ccc(NCC2(c3cccc(Cl)c3)CCC2)nn1. The van der Waals surface area contributed by atoms with Crippen LogP contribution < -0.4 is 10.6 Å². The minimum absolute atomic E-state index is 0.0797. The van der Waals surface area contributed by atoms with Gasteiger partial charge in [-0.25, -0.2) is 4.98 Å². The minimum Gasteiger partial charge on any atom is -0.368 e. The van der Waals surface area contributed by atoms with Crippen LogP contribution in [-0.4, -0.2) is 27.6 Å². The zero-order valence-electron chi connectivity index (χ0n) is 15.2. The Bertz CT molecular complexity index is 941. The van der Waals surface area contributed by atoms with Crippen molar-refractivity contribution < 1.29 is 4.79 Å². The predicted octanol–water partition coefficient (Wildman–Crippen LogP) is 4.05. The molecular formula is C20H20ClN5OS. The molecule has 0 bridgehead atoms. The topological polar surface area (TPSA) is 79.8 Å². The molecule has 1 amide bonds. The molecule has 2 heterocycles. The number of anilines is 1. The molecule has 144 valence electrons. The largest absolute Gasteiger partial charge is 0.368 e. The predicted molar refractivity (Wildman–Crippen MR) is 111 cm³/mol. The lowest BCUT2D eigenvalue weighted by atomic mass is 9.64. The molecule has 0 atom stereocenters. The monoisotopic (exact) mass is 413 g/mol. The molecule has 0 saturated heterocycles. The summed E-state index contributed by atoms with van der Waals surface area (Å²) in [6.07, 6.45) is 5.15. The Hall–Kier alpha value is -2.51. The van der Waals surface area contributed by atoms with E-state index in [1.807, 2.05) is 23.6 Å². The fourth-order valence-corrected chi connectivity index (χ4v) is 4.13. The van der Waals surface area contributed by atoms with E-state index in [1.165, 1.54) is 23.3 Å². The number of carbonyl (C=O) groups excluding carboxylic acids is 1. The van der Waals surface area contributed by atoms with Crippen molar-refractivity contribution in [1.82, 2.24) is 20.5 Å². The second kappa shape index (κ2) is 8.24. The Morgan fingerprint density at radius 1 is 1.21 bits per heavy atom. The van der Waals surface area contributed by atoms with Crippen LogP contribution in [0.4, 0.5) is 5.82 Å². The maximum atomic E-state index is 12.2. The maximum absolute atomic E-state index is 12.2. The number of nitrogens with one attached hydrogen (secondary N) is 2. The summed E-state index contributed by atoms with van der Waals surface area (Å²) in [7, 11) is 0. The van der Waals surface area contributed by atoms with Crippen molar-refractivity contribution in [2.45, 2.75) is 31.2 Å². The van der Waals surface area contributed by atoms with Crippen LogP contribution in [0.2, 0.25) is 5.02 Å². The zero-order chi connectivity index (χ0) is 19.4. The second-order valence-corrected chi connectivity index (χ2v) is 8.33. The van der Waals surface area contributed by atoms with E-state index in [0.29, 0.717) is 12.4 Å². The quantitative estimate of drug-likeness (QED) is 0.610. The molecule has 0 aliphatic heterocycles. The first kappa shape index (κ1) is 18.8. The van der Waals surface area contributed by atoms with Crippen molar-refractivity contribution in [3.05, 3.63) is 69.3 Å². The molecule has 28 heavy (non-hydrogen) atoms. The first-order valence-electron chi connectivity index (χ1n) is 9.15. The van der Waals surface area contributed by atoms with Crippen LogP contribution in [-0.2, 0) is 12.0 Å². The number of aromatic nitrogens is 3. The molecule has 1 aliphatic carbocycles. The van der Waals surface area contributed by atoms with Crippen LogP contribution in [0.5, 0.6) is 0 Å². The van der Waals surface area contributed by atoms with Crippen molar-refractivity contribution in [3.8, 4) is 0 Å². The van der Waals surface area contributed by atoms with Gasteiger partial charge in [0.2, 0.25) is 0 Å². The first-order valence-corrected chi connectivity index (χ1v) is 10.4. The van der Waals surface area contributed by atoms with Crippen molar-refractivity contribution in [1.29, 1.82) is 0 Å². The van der Waals surface area contributed by atoms with Crippen LogP contribution in [0.15, 0.2) is 48.0 Å². The summed E-state index contributed by atoms with van der Waals surface area (Å²) in [5.74, 6) is 0.397. The average molecular weight is 414 g/mol. The standard InChI is InChI=1S/C20H20ClN5OS/c21-15-4-1-3-14(11-15)20(7-2-8-20)13-24-17-6-5-16(25-26-17)19(27)23-12-18-22-9-10-28-18/h1,3-6,9-11H,2,7-8,12-13H2,(H,23,27)(H,24,26). The molecule has 2 aromatic heterocycles. The van der Waals surface area contributed by atoms with Gasteiger partial charge in [-0.2, -0.15) is 0 Å². The summed E-state index contributed by atoms with van der Waals surface area (Å²) in [6, 6.07) is 11.5. The summed E-state index contributed by atoms with van der Waals surface area (Å²) in [5, 5.41) is 17.9. The minimum atomic E-state index is -0.261. The second-order valence-electron chi connectivity index (χ2n) is 6.91. The number of hydrogen-bond acceptors (Lipinski definition) is 6. The van der Waals surface area contributed by atoms with E-state index < -0.39 is 0 Å². The van der Waals surface area contributed by atoms with Gasteiger partial charge in [0.1, 0.15) is 10.8 Å². The fraction of sp³-hybridized carbons (Fsp3) is 0.300. The highest BCUT2D eigenvalue weighted by atomic mass is 35.5.